The molecule has 8 heteroatoms. The number of hydrogen-bond donors (Lipinski definition) is 2. The molecule has 4 rings (SSSR count). The highest BCUT2D eigenvalue weighted by molar-refractivity contribution is 6.04. The second-order valence-corrected chi connectivity index (χ2v) is 7.59. The van der Waals surface area contributed by atoms with Crippen LogP contribution in [0.4, 0.5) is 26.0 Å². The lowest BCUT2D eigenvalue weighted by molar-refractivity contribution is -0.120. The van der Waals surface area contributed by atoms with Gasteiger partial charge in [0.2, 0.25) is 5.91 Å². The first-order valence-corrected chi connectivity index (χ1v) is 10.3. The smallest absolute Gasteiger partial charge is 0.255 e. The summed E-state index contributed by atoms with van der Waals surface area (Å²) in [5.41, 5.74) is 1.05. The van der Waals surface area contributed by atoms with Crippen molar-refractivity contribution in [1.82, 2.24) is 4.98 Å². The van der Waals surface area contributed by atoms with Gasteiger partial charge in [0.1, 0.15) is 17.5 Å². The Morgan fingerprint density at radius 2 is 1.66 bits per heavy atom. The first-order chi connectivity index (χ1) is 15.5. The summed E-state index contributed by atoms with van der Waals surface area (Å²) in [5, 5.41) is 5.39. The molecule has 2 N–H and O–H groups in total. The summed E-state index contributed by atoms with van der Waals surface area (Å²) < 4.78 is 26.8. The van der Waals surface area contributed by atoms with Crippen molar-refractivity contribution in [1.29, 1.82) is 0 Å². The van der Waals surface area contributed by atoms with Gasteiger partial charge in [0.05, 0.1) is 5.69 Å². The summed E-state index contributed by atoms with van der Waals surface area (Å²) in [6.45, 7) is 1.21. The molecule has 32 heavy (non-hydrogen) atoms. The molecule has 1 fully saturated rings. The van der Waals surface area contributed by atoms with E-state index >= 15 is 0 Å². The number of nitrogens with one attached hydrogen (secondary N) is 2. The summed E-state index contributed by atoms with van der Waals surface area (Å²) in [7, 11) is 0. The number of amides is 2. The monoisotopic (exact) mass is 436 g/mol. The third-order valence-corrected chi connectivity index (χ3v) is 5.43. The van der Waals surface area contributed by atoms with Crippen LogP contribution in [0.15, 0.2) is 66.9 Å². The molecule has 2 amide bonds. The van der Waals surface area contributed by atoms with Gasteiger partial charge in [-0.1, -0.05) is 12.1 Å². The van der Waals surface area contributed by atoms with Crippen LogP contribution >= 0.6 is 0 Å². The maximum Gasteiger partial charge on any atom is 0.255 e. The van der Waals surface area contributed by atoms with Gasteiger partial charge < -0.3 is 15.5 Å². The molecule has 0 spiro atoms. The molecule has 2 aromatic carbocycles. The highest BCUT2D eigenvalue weighted by atomic mass is 19.1. The largest absolute Gasteiger partial charge is 0.357 e. The van der Waals surface area contributed by atoms with Crippen LogP contribution in [0.5, 0.6) is 0 Å². The van der Waals surface area contributed by atoms with E-state index in [9.17, 15) is 18.4 Å². The summed E-state index contributed by atoms with van der Waals surface area (Å²) in [4.78, 5) is 31.4. The lowest BCUT2D eigenvalue weighted by Gasteiger charge is -2.32. The van der Waals surface area contributed by atoms with Gasteiger partial charge in [0.25, 0.3) is 5.91 Å². The normalized spacial score (nSPS) is 14.1. The van der Waals surface area contributed by atoms with Gasteiger partial charge >= 0.3 is 0 Å². The van der Waals surface area contributed by atoms with E-state index in [4.69, 9.17) is 0 Å². The summed E-state index contributed by atoms with van der Waals surface area (Å²) in [6.07, 6.45) is 2.79. The van der Waals surface area contributed by atoms with Crippen LogP contribution in [0, 0.1) is 17.6 Å². The molecular formula is C24H22F2N4O2. The SMILES string of the molecule is O=C(Nc1ccccc1F)c1ccnc(N2CCC(C(=O)Nc3ccc(F)cc3)CC2)c1. The fraction of sp³-hybridized carbons (Fsp3) is 0.208. The number of nitrogens with zero attached hydrogens (tertiary/aromatic N) is 2. The number of rotatable bonds is 5. The van der Waals surface area contributed by atoms with E-state index in [1.165, 1.54) is 36.4 Å². The van der Waals surface area contributed by atoms with Crippen LogP contribution < -0.4 is 15.5 Å². The minimum atomic E-state index is -0.504. The number of para-hydroxylation sites is 1. The van der Waals surface area contributed by atoms with E-state index in [2.05, 4.69) is 15.6 Å². The number of aromatic nitrogens is 1. The maximum absolute atomic E-state index is 13.8. The third kappa shape index (κ3) is 5.08. The van der Waals surface area contributed by atoms with Crippen molar-refractivity contribution in [3.63, 3.8) is 0 Å². The highest BCUT2D eigenvalue weighted by Crippen LogP contribution is 2.24. The summed E-state index contributed by atoms with van der Waals surface area (Å²) in [5.74, 6) is -0.910. The van der Waals surface area contributed by atoms with Gasteiger partial charge in [-0.05, 0) is 61.4 Å². The van der Waals surface area contributed by atoms with Gasteiger partial charge in [0, 0.05) is 36.5 Å². The van der Waals surface area contributed by atoms with Gasteiger partial charge in [-0.15, -0.1) is 0 Å². The molecule has 0 unspecified atom stereocenters. The minimum absolute atomic E-state index is 0.0952. The van der Waals surface area contributed by atoms with Gasteiger partial charge in [-0.25, -0.2) is 13.8 Å². The molecule has 0 aliphatic carbocycles. The number of benzene rings is 2. The molecule has 6 nitrogen and oxygen atoms in total. The van der Waals surface area contributed by atoms with Crippen LogP contribution in [0.1, 0.15) is 23.2 Å². The van der Waals surface area contributed by atoms with E-state index in [0.29, 0.717) is 43.0 Å². The second kappa shape index (κ2) is 9.55. The van der Waals surface area contributed by atoms with Crippen LogP contribution in [0.2, 0.25) is 0 Å². The topological polar surface area (TPSA) is 74.3 Å². The van der Waals surface area contributed by atoms with Crippen LogP contribution in [0.25, 0.3) is 0 Å². The molecule has 1 aromatic heterocycles. The van der Waals surface area contributed by atoms with Crippen molar-refractivity contribution in [2.45, 2.75) is 12.8 Å². The zero-order chi connectivity index (χ0) is 22.5. The van der Waals surface area contributed by atoms with Gasteiger partial charge in [0.15, 0.2) is 0 Å². The van der Waals surface area contributed by atoms with E-state index in [0.717, 1.165) is 0 Å². The van der Waals surface area contributed by atoms with Gasteiger partial charge in [-0.2, -0.15) is 0 Å². The van der Waals surface area contributed by atoms with Gasteiger partial charge in [-0.3, -0.25) is 9.59 Å². The first-order valence-electron chi connectivity index (χ1n) is 10.3. The zero-order valence-corrected chi connectivity index (χ0v) is 17.2. The molecular weight excluding hydrogens is 414 g/mol. The highest BCUT2D eigenvalue weighted by Gasteiger charge is 2.26. The Bertz CT molecular complexity index is 1110. The molecule has 0 saturated carbocycles. The third-order valence-electron chi connectivity index (χ3n) is 5.43. The number of hydrogen-bond acceptors (Lipinski definition) is 4. The van der Waals surface area contributed by atoms with Crippen LogP contribution in [-0.4, -0.2) is 29.9 Å². The predicted octanol–water partition coefficient (Wildman–Crippen LogP) is 4.47. The second-order valence-electron chi connectivity index (χ2n) is 7.59. The van der Waals surface area contributed by atoms with Crippen molar-refractivity contribution in [2.75, 3.05) is 28.6 Å². The summed E-state index contributed by atoms with van der Waals surface area (Å²) in [6, 6.07) is 14.9. The quantitative estimate of drug-likeness (QED) is 0.619. The van der Waals surface area contributed by atoms with Crippen molar-refractivity contribution in [3.8, 4) is 0 Å². The van der Waals surface area contributed by atoms with E-state index in [-0.39, 0.29) is 23.3 Å². The lowest BCUT2D eigenvalue weighted by Crippen LogP contribution is -2.38. The molecule has 0 atom stereocenters. The van der Waals surface area contributed by atoms with E-state index < -0.39 is 11.7 Å². The Balaban J connectivity index is 1.35. The summed E-state index contributed by atoms with van der Waals surface area (Å²) >= 11 is 0. The molecule has 0 bridgehead atoms. The molecule has 164 valence electrons. The number of piperidine rings is 1. The van der Waals surface area contributed by atoms with Crippen molar-refractivity contribution in [3.05, 3.63) is 84.1 Å². The average molecular weight is 436 g/mol. The number of pyridine rings is 1. The lowest BCUT2D eigenvalue weighted by atomic mass is 9.95. The van der Waals surface area contributed by atoms with Crippen molar-refractivity contribution in [2.24, 2.45) is 5.92 Å². The number of carbonyl (C=O) groups excluding carboxylic acids is 2. The Kier molecular flexibility index (Phi) is 6.39. The molecule has 3 aromatic rings. The number of anilines is 3. The molecule has 1 aliphatic heterocycles. The molecule has 1 saturated heterocycles. The van der Waals surface area contributed by atoms with Crippen molar-refractivity contribution < 1.29 is 18.4 Å². The maximum atomic E-state index is 13.8. The standard InChI is InChI=1S/C24H22F2N4O2/c25-18-5-7-19(8-6-18)28-23(31)16-10-13-30(14-11-16)22-15-17(9-12-27-22)24(32)29-21-4-2-1-3-20(21)26/h1-9,12,15-16H,10-11,13-14H2,(H,28,31)(H,29,32). The Morgan fingerprint density at radius 3 is 2.38 bits per heavy atom. The predicted molar refractivity (Wildman–Crippen MR) is 119 cm³/mol. The van der Waals surface area contributed by atoms with Crippen LogP contribution in [0.3, 0.4) is 0 Å². The number of halogens is 2. The first kappa shape index (κ1) is 21.4. The average Bonchev–Trinajstić information content (AvgIpc) is 2.82. The minimum Gasteiger partial charge on any atom is -0.357 e. The van der Waals surface area contributed by atoms with E-state index in [1.807, 2.05) is 4.90 Å². The molecule has 1 aliphatic rings. The fourth-order valence-corrected chi connectivity index (χ4v) is 3.64. The van der Waals surface area contributed by atoms with Crippen molar-refractivity contribution >= 4 is 29.0 Å². The number of carbonyl (C=O) groups is 2. The Labute approximate surface area is 184 Å². The fourth-order valence-electron chi connectivity index (χ4n) is 3.64. The molecule has 0 radical (unpaired) electrons. The Hall–Kier alpha value is -3.81. The zero-order valence-electron chi connectivity index (χ0n) is 17.2. The Morgan fingerprint density at radius 1 is 0.938 bits per heavy atom. The molecule has 2 heterocycles. The van der Waals surface area contributed by atoms with Crippen LogP contribution in [-0.2, 0) is 4.79 Å². The van der Waals surface area contributed by atoms with E-state index in [1.54, 1.807) is 30.5 Å².